The van der Waals surface area contributed by atoms with Gasteiger partial charge in [-0.2, -0.15) is 0 Å². The number of nitrogens with one attached hydrogen (secondary N) is 1. The number of benzene rings is 3. The largest absolute Gasteiger partial charge is 0.465 e. The zero-order chi connectivity index (χ0) is 21.6. The number of anilines is 1. The van der Waals surface area contributed by atoms with E-state index in [0.29, 0.717) is 17.1 Å². The number of aliphatic imine (C=N–C) groups is 1. The summed E-state index contributed by atoms with van der Waals surface area (Å²) in [5, 5.41) is 2.72. The zero-order valence-electron chi connectivity index (χ0n) is 17.0. The molecule has 0 spiro atoms. The van der Waals surface area contributed by atoms with Crippen molar-refractivity contribution >= 4 is 23.5 Å². The van der Waals surface area contributed by atoms with Gasteiger partial charge in [0.05, 0.1) is 6.54 Å². The van der Waals surface area contributed by atoms with Crippen molar-refractivity contribution in [2.24, 2.45) is 4.99 Å². The molecule has 0 radical (unpaired) electrons. The molecule has 0 aromatic heterocycles. The van der Waals surface area contributed by atoms with E-state index in [9.17, 15) is 9.59 Å². The molecule has 0 bridgehead atoms. The molecule has 2 unspecified atom stereocenters. The normalized spacial score (nSPS) is 17.8. The Bertz CT molecular complexity index is 1080. The summed E-state index contributed by atoms with van der Waals surface area (Å²) in [5.74, 6) is 0.449. The Morgan fingerprint density at radius 2 is 1.58 bits per heavy atom. The molecule has 3 aromatic rings. The molecular formula is C25H22N2O4. The first-order valence-corrected chi connectivity index (χ1v) is 10.0. The summed E-state index contributed by atoms with van der Waals surface area (Å²) in [5.41, 5.74) is 2.92. The Labute approximate surface area is 180 Å². The average Bonchev–Trinajstić information content (AvgIpc) is 2.80. The lowest BCUT2D eigenvalue weighted by Gasteiger charge is -2.31. The molecule has 6 heteroatoms. The number of Topliss-reactive ketones (excluding diaryl/α,β-unsaturated/α-hetero) is 1. The third kappa shape index (κ3) is 4.98. The Hall–Kier alpha value is -3.93. The smallest absolute Gasteiger partial charge is 0.412 e. The van der Waals surface area contributed by atoms with E-state index < -0.39 is 18.3 Å². The van der Waals surface area contributed by atoms with Gasteiger partial charge in [-0.3, -0.25) is 10.1 Å². The van der Waals surface area contributed by atoms with E-state index in [0.717, 1.165) is 11.1 Å². The van der Waals surface area contributed by atoms with Crippen molar-refractivity contribution in [2.75, 3.05) is 11.9 Å². The van der Waals surface area contributed by atoms with Crippen molar-refractivity contribution in [3.8, 4) is 0 Å². The van der Waals surface area contributed by atoms with Crippen LogP contribution in [0.1, 0.15) is 34.5 Å². The Morgan fingerprint density at radius 3 is 2.23 bits per heavy atom. The molecule has 2 atom stereocenters. The quantitative estimate of drug-likeness (QED) is 0.595. The predicted molar refractivity (Wildman–Crippen MR) is 118 cm³/mol. The lowest BCUT2D eigenvalue weighted by atomic mass is 10.0. The minimum Gasteiger partial charge on any atom is -0.465 e. The zero-order valence-corrected chi connectivity index (χ0v) is 17.0. The van der Waals surface area contributed by atoms with Crippen LogP contribution >= 0.6 is 0 Å². The number of hydrogen-bond acceptors (Lipinski definition) is 5. The number of hydrogen-bond donors (Lipinski definition) is 1. The summed E-state index contributed by atoms with van der Waals surface area (Å²) in [7, 11) is 0. The highest BCUT2D eigenvalue weighted by Crippen LogP contribution is 2.29. The standard InChI is InChI=1S/C25H22N2O4/c1-17(28)18-12-14-20(15-13-18)24-26-16-22(23(31-24)19-8-4-2-5-9-19)30-25(29)27-21-10-6-3-7-11-21/h2-15,22-23H,16H2,1H3,(H,27,29). The lowest BCUT2D eigenvalue weighted by Crippen LogP contribution is -2.37. The maximum atomic E-state index is 12.4. The minimum atomic E-state index is -0.591. The fourth-order valence-electron chi connectivity index (χ4n) is 3.34. The third-order valence-corrected chi connectivity index (χ3v) is 4.94. The molecule has 3 aromatic carbocycles. The average molecular weight is 414 g/mol. The van der Waals surface area contributed by atoms with E-state index in [-0.39, 0.29) is 12.3 Å². The highest BCUT2D eigenvalue weighted by molar-refractivity contribution is 5.98. The summed E-state index contributed by atoms with van der Waals surface area (Å²) in [6, 6.07) is 25.8. The van der Waals surface area contributed by atoms with Crippen molar-refractivity contribution in [1.82, 2.24) is 0 Å². The van der Waals surface area contributed by atoms with Crippen LogP contribution in [-0.2, 0) is 9.47 Å². The second kappa shape index (κ2) is 9.26. The molecule has 6 nitrogen and oxygen atoms in total. The number of nitrogens with zero attached hydrogens (tertiary/aromatic N) is 1. The summed E-state index contributed by atoms with van der Waals surface area (Å²) in [4.78, 5) is 28.5. The fraction of sp³-hybridized carbons (Fsp3) is 0.160. The summed E-state index contributed by atoms with van der Waals surface area (Å²) in [6.07, 6.45) is -1.67. The molecule has 31 heavy (non-hydrogen) atoms. The molecule has 4 rings (SSSR count). The number of rotatable bonds is 5. The molecular weight excluding hydrogens is 392 g/mol. The van der Waals surface area contributed by atoms with Crippen LogP contribution in [0.3, 0.4) is 0 Å². The predicted octanol–water partition coefficient (Wildman–Crippen LogP) is 5.02. The van der Waals surface area contributed by atoms with Gasteiger partial charge in [-0.1, -0.05) is 60.7 Å². The van der Waals surface area contributed by atoms with Crippen molar-refractivity contribution in [3.63, 3.8) is 0 Å². The summed E-state index contributed by atoms with van der Waals surface area (Å²) < 4.78 is 11.9. The van der Waals surface area contributed by atoms with E-state index >= 15 is 0 Å². The topological polar surface area (TPSA) is 77.0 Å². The number of ether oxygens (including phenoxy) is 2. The van der Waals surface area contributed by atoms with E-state index in [1.165, 1.54) is 6.92 Å². The first kappa shape index (κ1) is 20.3. The molecule has 1 aliphatic heterocycles. The Balaban J connectivity index is 1.54. The van der Waals surface area contributed by atoms with Crippen molar-refractivity contribution < 1.29 is 19.1 Å². The van der Waals surface area contributed by atoms with Gasteiger partial charge in [-0.25, -0.2) is 9.79 Å². The van der Waals surface area contributed by atoms with E-state index in [2.05, 4.69) is 10.3 Å². The maximum Gasteiger partial charge on any atom is 0.412 e. The van der Waals surface area contributed by atoms with Crippen molar-refractivity contribution in [3.05, 3.63) is 102 Å². The van der Waals surface area contributed by atoms with Gasteiger partial charge in [0.2, 0.25) is 5.90 Å². The van der Waals surface area contributed by atoms with Crippen LogP contribution in [-0.4, -0.2) is 30.4 Å². The van der Waals surface area contributed by atoms with Crippen LogP contribution in [0.15, 0.2) is 89.9 Å². The van der Waals surface area contributed by atoms with Gasteiger partial charge >= 0.3 is 6.09 Å². The first-order valence-electron chi connectivity index (χ1n) is 10.0. The monoisotopic (exact) mass is 414 g/mol. The second-order valence-electron chi connectivity index (χ2n) is 7.16. The van der Waals surface area contributed by atoms with Crippen molar-refractivity contribution in [1.29, 1.82) is 0 Å². The molecule has 0 aliphatic carbocycles. The van der Waals surface area contributed by atoms with Crippen LogP contribution in [0.2, 0.25) is 0 Å². The molecule has 0 saturated carbocycles. The van der Waals surface area contributed by atoms with Gasteiger partial charge in [0.25, 0.3) is 0 Å². The van der Waals surface area contributed by atoms with Crippen LogP contribution in [0.4, 0.5) is 10.5 Å². The molecule has 0 fully saturated rings. The minimum absolute atomic E-state index is 0.00175. The van der Waals surface area contributed by atoms with Crippen LogP contribution in [0, 0.1) is 0 Å². The second-order valence-corrected chi connectivity index (χ2v) is 7.16. The maximum absolute atomic E-state index is 12.4. The van der Waals surface area contributed by atoms with E-state index in [1.54, 1.807) is 36.4 Å². The van der Waals surface area contributed by atoms with Crippen LogP contribution in [0.25, 0.3) is 0 Å². The number of ketones is 1. The van der Waals surface area contributed by atoms with E-state index in [1.807, 2.05) is 48.5 Å². The Morgan fingerprint density at radius 1 is 0.935 bits per heavy atom. The molecule has 0 saturated heterocycles. The van der Waals surface area contributed by atoms with Crippen LogP contribution < -0.4 is 5.32 Å². The number of para-hydroxylation sites is 1. The van der Waals surface area contributed by atoms with Crippen LogP contribution in [0.5, 0.6) is 0 Å². The van der Waals surface area contributed by atoms with Gasteiger partial charge in [-0.15, -0.1) is 0 Å². The number of carbonyl (C=O) groups excluding carboxylic acids is 2. The van der Waals surface area contributed by atoms with Gasteiger partial charge in [0.1, 0.15) is 0 Å². The van der Waals surface area contributed by atoms with Gasteiger partial charge in [-0.05, 0) is 36.8 Å². The highest BCUT2D eigenvalue weighted by Gasteiger charge is 2.33. The van der Waals surface area contributed by atoms with Gasteiger partial charge in [0, 0.05) is 16.8 Å². The molecule has 156 valence electrons. The fourth-order valence-corrected chi connectivity index (χ4v) is 3.34. The molecule has 1 heterocycles. The van der Waals surface area contributed by atoms with E-state index in [4.69, 9.17) is 9.47 Å². The summed E-state index contributed by atoms with van der Waals surface area (Å²) in [6.45, 7) is 1.78. The third-order valence-electron chi connectivity index (χ3n) is 4.94. The SMILES string of the molecule is CC(=O)c1ccc(C2=NCC(OC(=O)Nc3ccccc3)C(c3ccccc3)O2)cc1. The number of carbonyl (C=O) groups is 2. The number of amides is 1. The highest BCUT2D eigenvalue weighted by atomic mass is 16.6. The molecule has 1 N–H and O–H groups in total. The van der Waals surface area contributed by atoms with Crippen molar-refractivity contribution in [2.45, 2.75) is 19.1 Å². The molecule has 1 aliphatic rings. The van der Waals surface area contributed by atoms with Gasteiger partial charge in [0.15, 0.2) is 18.0 Å². The summed E-state index contributed by atoms with van der Waals surface area (Å²) >= 11 is 0. The van der Waals surface area contributed by atoms with Gasteiger partial charge < -0.3 is 9.47 Å². The first-order chi connectivity index (χ1) is 15.1. The Kier molecular flexibility index (Phi) is 6.08. The lowest BCUT2D eigenvalue weighted by molar-refractivity contribution is 0.00996. The molecule has 1 amide bonds.